The molecule has 0 fully saturated rings. The lowest BCUT2D eigenvalue weighted by molar-refractivity contribution is -0.139. The fourth-order valence-electron chi connectivity index (χ4n) is 2.00. The first kappa shape index (κ1) is 15.0. The third-order valence-corrected chi connectivity index (χ3v) is 3.08. The number of rotatable bonds is 5. The lowest BCUT2D eigenvalue weighted by Gasteiger charge is -2.19. The maximum absolute atomic E-state index is 11.6. The molecule has 7 nitrogen and oxygen atoms in total. The topological polar surface area (TPSA) is 98.2 Å². The minimum absolute atomic E-state index is 0.0105. The van der Waals surface area contributed by atoms with E-state index < -0.39 is 11.4 Å². The first-order valence-corrected chi connectivity index (χ1v) is 6.48. The Morgan fingerprint density at radius 3 is 2.76 bits per heavy atom. The Kier molecular flexibility index (Phi) is 3.93. The number of hydrogen-bond acceptors (Lipinski definition) is 5. The zero-order chi connectivity index (χ0) is 15.6. The number of aromatic nitrogens is 3. The number of aliphatic carboxylic acids is 1. The molecule has 2 aromatic rings. The van der Waals surface area contributed by atoms with E-state index >= 15 is 0 Å². The molecule has 2 aromatic heterocycles. The Balaban J connectivity index is 2.20. The molecule has 0 aliphatic heterocycles. The van der Waals surface area contributed by atoms with E-state index in [2.05, 4.69) is 10.2 Å². The molecule has 0 aromatic carbocycles. The van der Waals surface area contributed by atoms with Crippen molar-refractivity contribution < 1.29 is 14.3 Å². The van der Waals surface area contributed by atoms with E-state index in [0.717, 1.165) is 0 Å². The summed E-state index contributed by atoms with van der Waals surface area (Å²) in [5, 5.41) is 16.7. The first-order valence-electron chi connectivity index (χ1n) is 6.48. The summed E-state index contributed by atoms with van der Waals surface area (Å²) in [6.07, 6.45) is 1.99. The van der Waals surface area contributed by atoms with Crippen LogP contribution in [0.25, 0.3) is 11.5 Å². The Morgan fingerprint density at radius 1 is 1.43 bits per heavy atom. The highest BCUT2D eigenvalue weighted by molar-refractivity contribution is 5.67. The molecule has 2 rings (SSSR count). The maximum Gasteiger partial charge on any atom is 0.303 e. The zero-order valence-electron chi connectivity index (χ0n) is 12.2. The van der Waals surface area contributed by atoms with Gasteiger partial charge in [-0.15, -0.1) is 10.2 Å². The van der Waals surface area contributed by atoms with Gasteiger partial charge in [-0.2, -0.15) is 0 Å². The summed E-state index contributed by atoms with van der Waals surface area (Å²) in [4.78, 5) is 22.4. The van der Waals surface area contributed by atoms with Crippen LogP contribution >= 0.6 is 0 Å². The average molecular weight is 291 g/mol. The van der Waals surface area contributed by atoms with Gasteiger partial charge >= 0.3 is 5.97 Å². The smallest absolute Gasteiger partial charge is 0.303 e. The van der Waals surface area contributed by atoms with Crippen molar-refractivity contribution in [1.82, 2.24) is 14.8 Å². The molecule has 0 amide bonds. The molecule has 7 heteroatoms. The number of hydrogen-bond donors (Lipinski definition) is 1. The van der Waals surface area contributed by atoms with Gasteiger partial charge in [-0.3, -0.25) is 9.59 Å². The van der Waals surface area contributed by atoms with Crippen LogP contribution in [-0.2, 0) is 18.3 Å². The second kappa shape index (κ2) is 5.51. The van der Waals surface area contributed by atoms with Crippen LogP contribution in [0.15, 0.2) is 27.5 Å². The molecule has 0 saturated carbocycles. The Hall–Kier alpha value is -2.44. The van der Waals surface area contributed by atoms with Crippen LogP contribution in [-0.4, -0.2) is 25.8 Å². The number of carbonyl (C=O) groups is 1. The van der Waals surface area contributed by atoms with Crippen LogP contribution in [0.5, 0.6) is 0 Å². The lowest BCUT2D eigenvalue weighted by Crippen LogP contribution is -2.19. The number of carboxylic acids is 1. The van der Waals surface area contributed by atoms with Gasteiger partial charge in [-0.1, -0.05) is 13.8 Å². The largest absolute Gasteiger partial charge is 0.481 e. The summed E-state index contributed by atoms with van der Waals surface area (Å²) in [5.74, 6) is -0.253. The summed E-state index contributed by atoms with van der Waals surface area (Å²) < 4.78 is 6.96. The average Bonchev–Trinajstić information content (AvgIpc) is 2.78. The summed E-state index contributed by atoms with van der Waals surface area (Å²) in [6.45, 7) is 3.65. The van der Waals surface area contributed by atoms with E-state index in [1.165, 1.54) is 10.6 Å². The quantitative estimate of drug-likeness (QED) is 0.896. The van der Waals surface area contributed by atoms with E-state index in [4.69, 9.17) is 9.52 Å². The van der Waals surface area contributed by atoms with Crippen molar-refractivity contribution in [2.24, 2.45) is 12.5 Å². The molecule has 0 unspecified atom stereocenters. The Bertz CT molecular complexity index is 715. The van der Waals surface area contributed by atoms with Gasteiger partial charge in [0.25, 0.3) is 5.56 Å². The predicted octanol–water partition coefficient (Wildman–Crippen LogP) is 1.48. The van der Waals surface area contributed by atoms with E-state index in [0.29, 0.717) is 17.9 Å². The summed E-state index contributed by atoms with van der Waals surface area (Å²) in [7, 11) is 1.65. The molecule has 0 saturated heterocycles. The number of aryl methyl sites for hydroxylation is 1. The third-order valence-electron chi connectivity index (χ3n) is 3.08. The summed E-state index contributed by atoms with van der Waals surface area (Å²) in [5.41, 5.74) is -0.103. The highest BCUT2D eigenvalue weighted by Crippen LogP contribution is 2.26. The monoisotopic (exact) mass is 291 g/mol. The molecule has 0 spiro atoms. The molecule has 1 N–H and O–H groups in total. The van der Waals surface area contributed by atoms with E-state index in [1.807, 2.05) is 13.8 Å². The lowest BCUT2D eigenvalue weighted by atomic mass is 9.86. The fraction of sp³-hybridized carbons (Fsp3) is 0.429. The van der Waals surface area contributed by atoms with E-state index in [9.17, 15) is 9.59 Å². The van der Waals surface area contributed by atoms with Crippen LogP contribution in [0.1, 0.15) is 26.2 Å². The zero-order valence-corrected chi connectivity index (χ0v) is 12.2. The van der Waals surface area contributed by atoms with Crippen molar-refractivity contribution in [2.45, 2.75) is 26.7 Å². The van der Waals surface area contributed by atoms with Crippen LogP contribution in [0, 0.1) is 5.41 Å². The second-order valence-corrected chi connectivity index (χ2v) is 5.78. The predicted molar refractivity (Wildman–Crippen MR) is 74.7 cm³/mol. The Morgan fingerprint density at radius 2 is 2.14 bits per heavy atom. The molecule has 0 aliphatic rings. The number of nitrogens with zero attached hydrogens (tertiary/aromatic N) is 3. The van der Waals surface area contributed by atoms with Crippen molar-refractivity contribution in [3.05, 3.63) is 34.6 Å². The minimum atomic E-state index is -0.869. The highest BCUT2D eigenvalue weighted by atomic mass is 16.4. The molecular formula is C14H17N3O4. The van der Waals surface area contributed by atoms with E-state index in [1.54, 1.807) is 19.3 Å². The molecule has 0 radical (unpaired) electrons. The van der Waals surface area contributed by atoms with Crippen LogP contribution < -0.4 is 5.56 Å². The SMILES string of the molecule is Cn1ccc(-c2nnc(CC(C)(C)CC(=O)O)o2)cc1=O. The maximum atomic E-state index is 11.6. The summed E-state index contributed by atoms with van der Waals surface area (Å²) in [6, 6.07) is 3.13. The molecule has 21 heavy (non-hydrogen) atoms. The van der Waals surface area contributed by atoms with Crippen LogP contribution in [0.2, 0.25) is 0 Å². The highest BCUT2D eigenvalue weighted by Gasteiger charge is 2.25. The number of carboxylic acid groups (broad SMARTS) is 1. The fourth-order valence-corrected chi connectivity index (χ4v) is 2.00. The molecule has 0 atom stereocenters. The van der Waals surface area contributed by atoms with Crippen LogP contribution in [0.4, 0.5) is 0 Å². The van der Waals surface area contributed by atoms with Crippen molar-refractivity contribution in [3.8, 4) is 11.5 Å². The van der Waals surface area contributed by atoms with Gasteiger partial charge in [0.2, 0.25) is 11.8 Å². The van der Waals surface area contributed by atoms with Gasteiger partial charge in [0.1, 0.15) is 0 Å². The molecule has 2 heterocycles. The minimum Gasteiger partial charge on any atom is -0.481 e. The van der Waals surface area contributed by atoms with Gasteiger partial charge in [0.05, 0.1) is 6.42 Å². The van der Waals surface area contributed by atoms with E-state index in [-0.39, 0.29) is 17.9 Å². The molecule has 112 valence electrons. The third kappa shape index (κ3) is 3.77. The van der Waals surface area contributed by atoms with Crippen molar-refractivity contribution >= 4 is 5.97 Å². The van der Waals surface area contributed by atoms with Crippen molar-refractivity contribution in [2.75, 3.05) is 0 Å². The second-order valence-electron chi connectivity index (χ2n) is 5.78. The van der Waals surface area contributed by atoms with Gasteiger partial charge in [-0.25, -0.2) is 0 Å². The molecule has 0 aliphatic carbocycles. The molecule has 0 bridgehead atoms. The Labute approximate surface area is 121 Å². The first-order chi connectivity index (χ1) is 9.77. The normalized spacial score (nSPS) is 11.6. The number of pyridine rings is 1. The van der Waals surface area contributed by atoms with Gasteiger partial charge in [-0.05, 0) is 11.5 Å². The van der Waals surface area contributed by atoms with Crippen molar-refractivity contribution in [3.63, 3.8) is 0 Å². The van der Waals surface area contributed by atoms with Gasteiger partial charge < -0.3 is 14.1 Å². The van der Waals surface area contributed by atoms with Gasteiger partial charge in [0.15, 0.2) is 0 Å². The van der Waals surface area contributed by atoms with Crippen molar-refractivity contribution in [1.29, 1.82) is 0 Å². The standard InChI is InChI=1S/C14H17N3O4/c1-14(2,8-12(19)20)7-10-15-16-13(21-10)9-4-5-17(3)11(18)6-9/h4-6H,7-8H2,1-3H3,(H,19,20). The van der Waals surface area contributed by atoms with Gasteiger partial charge in [0, 0.05) is 31.3 Å². The van der Waals surface area contributed by atoms with Crippen LogP contribution in [0.3, 0.4) is 0 Å². The summed E-state index contributed by atoms with van der Waals surface area (Å²) >= 11 is 0. The molecular weight excluding hydrogens is 274 g/mol.